The van der Waals surface area contributed by atoms with Crippen molar-refractivity contribution >= 4 is 17.2 Å². The molecule has 0 unspecified atom stereocenters. The fourth-order valence-electron chi connectivity index (χ4n) is 2.38. The van der Waals surface area contributed by atoms with E-state index in [0.717, 1.165) is 11.3 Å². The molecular formula is C19H17N3O3. The van der Waals surface area contributed by atoms with E-state index in [4.69, 9.17) is 4.74 Å². The molecule has 1 aromatic heterocycles. The summed E-state index contributed by atoms with van der Waals surface area (Å²) in [6.07, 6.45) is 1.54. The van der Waals surface area contributed by atoms with Crippen molar-refractivity contribution in [3.05, 3.63) is 88.1 Å². The summed E-state index contributed by atoms with van der Waals surface area (Å²) in [4.78, 5) is 14.9. The van der Waals surface area contributed by atoms with E-state index < -0.39 is 4.92 Å². The zero-order chi connectivity index (χ0) is 17.6. The van der Waals surface area contributed by atoms with E-state index in [1.807, 2.05) is 42.5 Å². The van der Waals surface area contributed by atoms with Crippen LogP contribution in [0.15, 0.2) is 66.9 Å². The fraction of sp³-hybridized carbons (Fsp3) is 0.105. The molecule has 0 radical (unpaired) electrons. The van der Waals surface area contributed by atoms with Crippen molar-refractivity contribution in [2.24, 2.45) is 0 Å². The molecule has 0 saturated heterocycles. The summed E-state index contributed by atoms with van der Waals surface area (Å²) in [6.45, 7) is 2.17. The first-order chi connectivity index (χ1) is 12.1. The molecule has 0 aliphatic carbocycles. The van der Waals surface area contributed by atoms with Gasteiger partial charge in [-0.3, -0.25) is 10.1 Å². The summed E-state index contributed by atoms with van der Waals surface area (Å²) >= 11 is 0. The number of anilines is 2. The molecule has 3 rings (SSSR count). The predicted molar refractivity (Wildman–Crippen MR) is 96.1 cm³/mol. The monoisotopic (exact) mass is 335 g/mol. The van der Waals surface area contributed by atoms with Crippen molar-refractivity contribution in [2.75, 3.05) is 5.32 Å². The summed E-state index contributed by atoms with van der Waals surface area (Å²) < 4.78 is 5.73. The Morgan fingerprint density at radius 1 is 1.08 bits per heavy atom. The number of aryl methyl sites for hydroxylation is 1. The van der Waals surface area contributed by atoms with Gasteiger partial charge in [-0.1, -0.05) is 30.3 Å². The predicted octanol–water partition coefficient (Wildman–Crippen LogP) is 4.62. The lowest BCUT2D eigenvalue weighted by Gasteiger charge is -2.09. The highest BCUT2D eigenvalue weighted by Gasteiger charge is 2.18. The number of rotatable bonds is 6. The SMILES string of the molecule is Cc1ccnc(Nc2ccc(OCc3ccccc3)cc2)c1[N+](=O)[O-]. The standard InChI is InChI=1S/C19H17N3O3/c1-14-11-12-20-19(18(14)22(23)24)21-16-7-9-17(10-8-16)25-13-15-5-3-2-4-6-15/h2-12H,13H2,1H3,(H,20,21). The molecule has 0 saturated carbocycles. The molecule has 0 bridgehead atoms. The third-order valence-electron chi connectivity index (χ3n) is 3.67. The van der Waals surface area contributed by atoms with Crippen molar-refractivity contribution in [2.45, 2.75) is 13.5 Å². The first-order valence-electron chi connectivity index (χ1n) is 7.77. The van der Waals surface area contributed by atoms with Crippen LogP contribution in [0.5, 0.6) is 5.75 Å². The van der Waals surface area contributed by atoms with Gasteiger partial charge in [-0.15, -0.1) is 0 Å². The number of hydrogen-bond donors (Lipinski definition) is 1. The summed E-state index contributed by atoms with van der Waals surface area (Å²) in [6, 6.07) is 18.7. The lowest BCUT2D eigenvalue weighted by atomic mass is 10.2. The highest BCUT2D eigenvalue weighted by Crippen LogP contribution is 2.29. The second-order valence-electron chi connectivity index (χ2n) is 5.51. The third-order valence-corrected chi connectivity index (χ3v) is 3.67. The van der Waals surface area contributed by atoms with Crippen LogP contribution in [0.4, 0.5) is 17.2 Å². The molecule has 6 heteroatoms. The quantitative estimate of drug-likeness (QED) is 0.525. The van der Waals surface area contributed by atoms with Gasteiger partial charge in [0.25, 0.3) is 0 Å². The summed E-state index contributed by atoms with van der Waals surface area (Å²) in [5, 5.41) is 14.2. The number of benzene rings is 2. The normalized spacial score (nSPS) is 10.3. The Labute approximate surface area is 145 Å². The number of nitrogens with one attached hydrogen (secondary N) is 1. The van der Waals surface area contributed by atoms with Gasteiger partial charge in [0.05, 0.1) is 4.92 Å². The van der Waals surface area contributed by atoms with Gasteiger partial charge in [-0.2, -0.15) is 0 Å². The largest absolute Gasteiger partial charge is 0.489 e. The summed E-state index contributed by atoms with van der Waals surface area (Å²) in [5.41, 5.74) is 2.33. The van der Waals surface area contributed by atoms with Crippen molar-refractivity contribution in [3.8, 4) is 5.75 Å². The van der Waals surface area contributed by atoms with E-state index in [0.29, 0.717) is 17.9 Å². The number of aromatic nitrogens is 1. The van der Waals surface area contributed by atoms with Crippen LogP contribution < -0.4 is 10.1 Å². The second kappa shape index (κ2) is 7.44. The third kappa shape index (κ3) is 4.11. The highest BCUT2D eigenvalue weighted by molar-refractivity contribution is 5.67. The van der Waals surface area contributed by atoms with Crippen LogP contribution in [-0.2, 0) is 6.61 Å². The summed E-state index contributed by atoms with van der Waals surface area (Å²) in [7, 11) is 0. The molecule has 0 spiro atoms. The van der Waals surface area contributed by atoms with Gasteiger partial charge in [-0.25, -0.2) is 4.98 Å². The fourth-order valence-corrected chi connectivity index (χ4v) is 2.38. The molecule has 25 heavy (non-hydrogen) atoms. The van der Waals surface area contributed by atoms with Gasteiger partial charge in [0.15, 0.2) is 0 Å². The van der Waals surface area contributed by atoms with E-state index in [9.17, 15) is 10.1 Å². The van der Waals surface area contributed by atoms with E-state index in [1.165, 1.54) is 0 Å². The van der Waals surface area contributed by atoms with E-state index in [2.05, 4.69) is 10.3 Å². The average molecular weight is 335 g/mol. The molecule has 0 atom stereocenters. The maximum absolute atomic E-state index is 11.2. The molecule has 1 N–H and O–H groups in total. The zero-order valence-electron chi connectivity index (χ0n) is 13.7. The first kappa shape index (κ1) is 16.4. The van der Waals surface area contributed by atoms with E-state index >= 15 is 0 Å². The molecule has 3 aromatic rings. The van der Waals surface area contributed by atoms with Crippen LogP contribution >= 0.6 is 0 Å². The van der Waals surface area contributed by atoms with Crippen LogP contribution in [0.3, 0.4) is 0 Å². The highest BCUT2D eigenvalue weighted by atomic mass is 16.6. The molecule has 0 aliphatic rings. The minimum atomic E-state index is -0.429. The molecular weight excluding hydrogens is 318 g/mol. The molecule has 2 aromatic carbocycles. The lowest BCUT2D eigenvalue weighted by Crippen LogP contribution is -2.01. The smallest absolute Gasteiger partial charge is 0.314 e. The Balaban J connectivity index is 1.69. The Morgan fingerprint density at radius 2 is 1.80 bits per heavy atom. The van der Waals surface area contributed by atoms with Gasteiger partial charge < -0.3 is 10.1 Å². The van der Waals surface area contributed by atoms with Crippen molar-refractivity contribution in [1.82, 2.24) is 4.98 Å². The minimum absolute atomic E-state index is 0.0214. The van der Waals surface area contributed by atoms with Gasteiger partial charge >= 0.3 is 5.69 Å². The maximum Gasteiger partial charge on any atom is 0.314 e. The zero-order valence-corrected chi connectivity index (χ0v) is 13.7. The number of nitro groups is 1. The van der Waals surface area contributed by atoms with E-state index in [1.54, 1.807) is 31.3 Å². The average Bonchev–Trinajstić information content (AvgIpc) is 2.62. The van der Waals surface area contributed by atoms with Gasteiger partial charge in [0.2, 0.25) is 5.82 Å². The molecule has 126 valence electrons. The van der Waals surface area contributed by atoms with Crippen molar-refractivity contribution in [1.29, 1.82) is 0 Å². The van der Waals surface area contributed by atoms with Crippen molar-refractivity contribution in [3.63, 3.8) is 0 Å². The Kier molecular flexibility index (Phi) is 4.89. The maximum atomic E-state index is 11.2. The molecule has 6 nitrogen and oxygen atoms in total. The number of pyridine rings is 1. The van der Waals surface area contributed by atoms with Crippen LogP contribution in [-0.4, -0.2) is 9.91 Å². The Hall–Kier alpha value is -3.41. The topological polar surface area (TPSA) is 77.3 Å². The van der Waals surface area contributed by atoms with Crippen LogP contribution in [0, 0.1) is 17.0 Å². The van der Waals surface area contributed by atoms with Crippen molar-refractivity contribution < 1.29 is 9.66 Å². The van der Waals surface area contributed by atoms with Crippen LogP contribution in [0.25, 0.3) is 0 Å². The summed E-state index contributed by atoms with van der Waals surface area (Å²) in [5.74, 6) is 0.948. The molecule has 0 fully saturated rings. The van der Waals surface area contributed by atoms with Gasteiger partial charge in [-0.05, 0) is 42.8 Å². The molecule has 0 aliphatic heterocycles. The first-order valence-corrected chi connectivity index (χ1v) is 7.77. The molecule has 0 amide bonds. The Bertz CT molecular complexity index is 865. The number of ether oxygens (including phenoxy) is 1. The number of hydrogen-bond acceptors (Lipinski definition) is 5. The minimum Gasteiger partial charge on any atom is -0.489 e. The number of nitrogens with zero attached hydrogens (tertiary/aromatic N) is 2. The van der Waals surface area contributed by atoms with Crippen LogP contribution in [0.1, 0.15) is 11.1 Å². The van der Waals surface area contributed by atoms with Gasteiger partial charge in [0.1, 0.15) is 12.4 Å². The lowest BCUT2D eigenvalue weighted by molar-refractivity contribution is -0.384. The Morgan fingerprint density at radius 3 is 2.48 bits per heavy atom. The van der Waals surface area contributed by atoms with Gasteiger partial charge in [0, 0.05) is 17.4 Å². The second-order valence-corrected chi connectivity index (χ2v) is 5.51. The van der Waals surface area contributed by atoms with E-state index in [-0.39, 0.29) is 11.5 Å². The molecule has 1 heterocycles. The van der Waals surface area contributed by atoms with Crippen LogP contribution in [0.2, 0.25) is 0 Å².